The predicted molar refractivity (Wildman–Crippen MR) is 141 cm³/mol. The average molecular weight is 493 g/mol. The Hall–Kier alpha value is -2.84. The van der Waals surface area contributed by atoms with Crippen molar-refractivity contribution in [3.63, 3.8) is 0 Å². The van der Waals surface area contributed by atoms with Crippen LogP contribution in [-0.4, -0.2) is 28.2 Å². The van der Waals surface area contributed by atoms with E-state index in [4.69, 9.17) is 24.4 Å². The van der Waals surface area contributed by atoms with Crippen LogP contribution in [0.3, 0.4) is 0 Å². The van der Waals surface area contributed by atoms with Crippen molar-refractivity contribution in [3.05, 3.63) is 94.5 Å². The number of unbranched alkanes of at least 4 members (excludes halogenated alkanes) is 5. The average Bonchev–Trinajstić information content (AvgIpc) is 3.39. The van der Waals surface area contributed by atoms with Crippen LogP contribution < -0.4 is 0 Å². The van der Waals surface area contributed by atoms with Gasteiger partial charge in [-0.05, 0) is 61.5 Å². The molecule has 0 aliphatic rings. The molecule has 0 atom stereocenters. The van der Waals surface area contributed by atoms with Crippen molar-refractivity contribution < 1.29 is 0 Å². The zero-order valence-corrected chi connectivity index (χ0v) is 21.1. The van der Waals surface area contributed by atoms with Crippen molar-refractivity contribution >= 4 is 24.4 Å². The third-order valence-corrected chi connectivity index (χ3v) is 6.94. The first-order chi connectivity index (χ1) is 16.7. The Morgan fingerprint density at radius 3 is 1.35 bits per heavy atom. The molecule has 0 bridgehead atoms. The molecule has 0 amide bonds. The van der Waals surface area contributed by atoms with Gasteiger partial charge < -0.3 is 18.3 Å². The SMILES string of the molecule is S=c1n(CCCCCCCCn2ccn(Cc3ccccn3)c2=S)ccn1Cc1ccccn1. The number of pyridine rings is 2. The van der Waals surface area contributed by atoms with Gasteiger partial charge in [0.25, 0.3) is 0 Å². The molecule has 4 rings (SSSR count). The zero-order chi connectivity index (χ0) is 23.6. The first kappa shape index (κ1) is 24.3. The lowest BCUT2D eigenvalue weighted by molar-refractivity contribution is 0.523. The largest absolute Gasteiger partial charge is 0.324 e. The summed E-state index contributed by atoms with van der Waals surface area (Å²) in [6.45, 7) is 3.41. The van der Waals surface area contributed by atoms with Crippen molar-refractivity contribution in [2.24, 2.45) is 0 Å². The molecule has 0 aromatic carbocycles. The first-order valence-corrected chi connectivity index (χ1v) is 12.8. The Morgan fingerprint density at radius 1 is 0.529 bits per heavy atom. The maximum Gasteiger partial charge on any atom is 0.180 e. The lowest BCUT2D eigenvalue weighted by Gasteiger charge is -2.06. The van der Waals surface area contributed by atoms with Crippen molar-refractivity contribution in [2.45, 2.75) is 64.7 Å². The van der Waals surface area contributed by atoms with Gasteiger partial charge in [0.1, 0.15) is 0 Å². The predicted octanol–water partition coefficient (Wildman–Crippen LogP) is 6.28. The fraction of sp³-hybridized carbons (Fsp3) is 0.385. The molecular weight excluding hydrogens is 460 g/mol. The summed E-state index contributed by atoms with van der Waals surface area (Å²) in [6, 6.07) is 12.0. The van der Waals surface area contributed by atoms with E-state index in [0.29, 0.717) is 0 Å². The number of hydrogen-bond donors (Lipinski definition) is 0. The van der Waals surface area contributed by atoms with E-state index in [0.717, 1.165) is 60.0 Å². The molecule has 0 saturated heterocycles. The first-order valence-electron chi connectivity index (χ1n) is 12.0. The Bertz CT molecular complexity index is 1150. The monoisotopic (exact) mass is 492 g/mol. The van der Waals surface area contributed by atoms with Crippen LogP contribution in [0.25, 0.3) is 0 Å². The number of aryl methyl sites for hydroxylation is 2. The Morgan fingerprint density at radius 2 is 0.941 bits per heavy atom. The molecule has 4 aromatic rings. The van der Waals surface area contributed by atoms with E-state index in [1.807, 2.05) is 48.8 Å². The van der Waals surface area contributed by atoms with Crippen molar-refractivity contribution in [1.29, 1.82) is 0 Å². The second-order valence-corrected chi connectivity index (χ2v) is 9.30. The van der Waals surface area contributed by atoms with E-state index < -0.39 is 0 Å². The number of imidazole rings is 2. The van der Waals surface area contributed by atoms with Crippen LogP contribution in [0.1, 0.15) is 49.9 Å². The van der Waals surface area contributed by atoms with Gasteiger partial charge in [0.15, 0.2) is 9.54 Å². The molecule has 6 nitrogen and oxygen atoms in total. The molecule has 0 fully saturated rings. The molecule has 8 heteroatoms. The van der Waals surface area contributed by atoms with E-state index >= 15 is 0 Å². The highest BCUT2D eigenvalue weighted by Gasteiger charge is 2.03. The minimum Gasteiger partial charge on any atom is -0.324 e. The molecule has 0 radical (unpaired) electrons. The molecule has 0 spiro atoms. The van der Waals surface area contributed by atoms with Crippen LogP contribution in [0.15, 0.2) is 73.6 Å². The maximum absolute atomic E-state index is 5.64. The summed E-state index contributed by atoms with van der Waals surface area (Å²) >= 11 is 11.3. The van der Waals surface area contributed by atoms with Gasteiger partial charge in [0.05, 0.1) is 24.5 Å². The van der Waals surface area contributed by atoms with Crippen LogP contribution in [0.4, 0.5) is 0 Å². The quantitative estimate of drug-likeness (QED) is 0.163. The van der Waals surface area contributed by atoms with E-state index in [2.05, 4.69) is 53.0 Å². The standard InChI is InChI=1S/C26H32N6S2/c33-25-29(17-19-31(25)21-23-11-5-7-13-27-23)15-9-3-1-2-4-10-16-30-18-20-32(26(30)34)22-24-12-6-8-14-28-24/h5-8,11-14,17-20H,1-4,9-10,15-16,21-22H2. The lowest BCUT2D eigenvalue weighted by atomic mass is 10.1. The smallest absolute Gasteiger partial charge is 0.180 e. The molecule has 0 N–H and O–H groups in total. The summed E-state index contributed by atoms with van der Waals surface area (Å²) in [5, 5.41) is 0. The summed E-state index contributed by atoms with van der Waals surface area (Å²) in [4.78, 5) is 8.78. The minimum atomic E-state index is 0.725. The minimum absolute atomic E-state index is 0.725. The molecule has 0 aliphatic heterocycles. The topological polar surface area (TPSA) is 45.5 Å². The number of nitrogens with zero attached hydrogens (tertiary/aromatic N) is 6. The molecule has 34 heavy (non-hydrogen) atoms. The Kier molecular flexibility index (Phi) is 8.98. The van der Waals surface area contributed by atoms with E-state index in [1.54, 1.807) is 0 Å². The maximum atomic E-state index is 5.64. The molecule has 4 heterocycles. The number of rotatable bonds is 13. The van der Waals surface area contributed by atoms with Gasteiger partial charge in [-0.1, -0.05) is 37.8 Å². The normalized spacial score (nSPS) is 11.2. The molecule has 0 aliphatic carbocycles. The van der Waals surface area contributed by atoms with Gasteiger partial charge in [0.2, 0.25) is 0 Å². The summed E-state index contributed by atoms with van der Waals surface area (Å²) in [5.74, 6) is 0. The van der Waals surface area contributed by atoms with Crippen LogP contribution in [0.5, 0.6) is 0 Å². The summed E-state index contributed by atoms with van der Waals surface area (Å²) in [7, 11) is 0. The van der Waals surface area contributed by atoms with Crippen molar-refractivity contribution in [3.8, 4) is 0 Å². The van der Waals surface area contributed by atoms with Gasteiger partial charge in [0, 0.05) is 50.3 Å². The third kappa shape index (κ3) is 6.84. The zero-order valence-electron chi connectivity index (χ0n) is 19.5. The van der Waals surface area contributed by atoms with Gasteiger partial charge in [-0.2, -0.15) is 0 Å². The highest BCUT2D eigenvalue weighted by molar-refractivity contribution is 7.71. The van der Waals surface area contributed by atoms with Gasteiger partial charge in [-0.3, -0.25) is 9.97 Å². The molecule has 0 saturated carbocycles. The van der Waals surface area contributed by atoms with Crippen LogP contribution in [-0.2, 0) is 26.2 Å². The Labute approximate surface area is 211 Å². The second-order valence-electron chi connectivity index (χ2n) is 8.57. The van der Waals surface area contributed by atoms with Crippen LogP contribution in [0, 0.1) is 9.54 Å². The fourth-order valence-corrected chi connectivity index (χ4v) is 4.65. The molecule has 178 valence electrons. The van der Waals surface area contributed by atoms with Gasteiger partial charge >= 0.3 is 0 Å². The lowest BCUT2D eigenvalue weighted by Crippen LogP contribution is -2.04. The number of aromatic nitrogens is 6. The van der Waals surface area contributed by atoms with E-state index in [-0.39, 0.29) is 0 Å². The highest BCUT2D eigenvalue weighted by Crippen LogP contribution is 2.10. The number of hydrogen-bond acceptors (Lipinski definition) is 4. The van der Waals surface area contributed by atoms with Crippen LogP contribution >= 0.6 is 24.4 Å². The van der Waals surface area contributed by atoms with E-state index in [9.17, 15) is 0 Å². The Balaban J connectivity index is 1.11. The van der Waals surface area contributed by atoms with Gasteiger partial charge in [-0.25, -0.2) is 0 Å². The third-order valence-electron chi connectivity index (χ3n) is 6.00. The van der Waals surface area contributed by atoms with Crippen molar-refractivity contribution in [1.82, 2.24) is 28.2 Å². The summed E-state index contributed by atoms with van der Waals surface area (Å²) < 4.78 is 10.3. The van der Waals surface area contributed by atoms with Crippen LogP contribution in [0.2, 0.25) is 0 Å². The molecule has 4 aromatic heterocycles. The van der Waals surface area contributed by atoms with E-state index in [1.165, 1.54) is 25.7 Å². The van der Waals surface area contributed by atoms with Gasteiger partial charge in [-0.15, -0.1) is 0 Å². The molecule has 0 unspecified atom stereocenters. The highest BCUT2D eigenvalue weighted by atomic mass is 32.1. The molecular formula is C26H32N6S2. The van der Waals surface area contributed by atoms with Crippen molar-refractivity contribution in [2.75, 3.05) is 0 Å². The summed E-state index contributed by atoms with van der Waals surface area (Å²) in [6.07, 6.45) is 19.2. The summed E-state index contributed by atoms with van der Waals surface area (Å²) in [5.41, 5.74) is 2.06. The fourth-order valence-electron chi connectivity index (χ4n) is 4.09. The second kappa shape index (κ2) is 12.6.